The van der Waals surface area contributed by atoms with Crippen LogP contribution in [0.4, 0.5) is 0 Å². The Labute approximate surface area is 160 Å². The summed E-state index contributed by atoms with van der Waals surface area (Å²) in [6.07, 6.45) is 6.11. The summed E-state index contributed by atoms with van der Waals surface area (Å²) < 4.78 is 11.0. The third kappa shape index (κ3) is 5.32. The number of methoxy groups -OCH3 is 1. The van der Waals surface area contributed by atoms with Crippen molar-refractivity contribution in [3.05, 3.63) is 36.4 Å². The fourth-order valence-corrected chi connectivity index (χ4v) is 3.51. The van der Waals surface area contributed by atoms with Gasteiger partial charge in [0.25, 0.3) is 0 Å². The number of carbonyl (C=O) groups is 1. The third-order valence-corrected chi connectivity index (χ3v) is 5.25. The van der Waals surface area contributed by atoms with Crippen LogP contribution in [0.3, 0.4) is 0 Å². The molecule has 0 aliphatic carbocycles. The van der Waals surface area contributed by atoms with E-state index in [2.05, 4.69) is 10.3 Å². The molecule has 0 spiro atoms. The summed E-state index contributed by atoms with van der Waals surface area (Å²) in [5.74, 6) is 3.06. The topological polar surface area (TPSA) is 67.6 Å². The Balaban J connectivity index is 1.46. The predicted octanol–water partition coefficient (Wildman–Crippen LogP) is 3.13. The van der Waals surface area contributed by atoms with E-state index in [-0.39, 0.29) is 5.91 Å². The quantitative estimate of drug-likeness (QED) is 0.772. The van der Waals surface area contributed by atoms with Gasteiger partial charge in [-0.25, -0.2) is 4.98 Å². The fraction of sp³-hybridized carbons (Fsp3) is 0.524. The number of benzene rings is 1. The first-order chi connectivity index (χ1) is 13.2. The first-order valence-electron chi connectivity index (χ1n) is 9.71. The van der Waals surface area contributed by atoms with Crippen LogP contribution >= 0.6 is 0 Å². The van der Waals surface area contributed by atoms with Gasteiger partial charge in [0.15, 0.2) is 11.7 Å². The summed E-state index contributed by atoms with van der Waals surface area (Å²) in [5.41, 5.74) is 0.949. The molecule has 1 aromatic carbocycles. The van der Waals surface area contributed by atoms with Crippen LogP contribution in [-0.4, -0.2) is 49.6 Å². The molecule has 0 bridgehead atoms. The fourth-order valence-electron chi connectivity index (χ4n) is 3.51. The summed E-state index contributed by atoms with van der Waals surface area (Å²) in [7, 11) is 3.63. The molecule has 6 heteroatoms. The van der Waals surface area contributed by atoms with Gasteiger partial charge >= 0.3 is 0 Å². The molecule has 146 valence electrons. The molecule has 1 aromatic heterocycles. The summed E-state index contributed by atoms with van der Waals surface area (Å²) in [6, 6.07) is 7.65. The zero-order valence-electron chi connectivity index (χ0n) is 16.2. The number of piperidine rings is 1. The van der Waals surface area contributed by atoms with Crippen LogP contribution in [0.25, 0.3) is 11.3 Å². The molecule has 1 fully saturated rings. The normalized spacial score (nSPS) is 15.1. The Hall–Kier alpha value is -2.34. The molecule has 2 aromatic rings. The summed E-state index contributed by atoms with van der Waals surface area (Å²) in [6.45, 7) is 2.80. The maximum Gasteiger partial charge on any atom is 0.223 e. The SMILES string of the molecule is CNCCC1CCN(C(=O)CCc2ncc(-c3ccc(OC)cc3)o2)CC1. The standard InChI is InChI=1S/C21H29N3O3/c1-22-12-9-16-10-13-24(14-11-16)21(25)8-7-20-23-15-19(27-20)17-3-5-18(26-2)6-4-17/h3-6,15-16,22H,7-14H2,1-2H3. The Morgan fingerprint density at radius 1 is 1.30 bits per heavy atom. The molecule has 3 rings (SSSR count). The number of ether oxygens (including phenoxy) is 1. The maximum atomic E-state index is 12.5. The second-order valence-corrected chi connectivity index (χ2v) is 7.06. The van der Waals surface area contributed by atoms with E-state index in [0.29, 0.717) is 24.5 Å². The van der Waals surface area contributed by atoms with Crippen molar-refractivity contribution in [3.63, 3.8) is 0 Å². The number of rotatable bonds is 8. The minimum Gasteiger partial charge on any atom is -0.497 e. The molecule has 0 atom stereocenters. The van der Waals surface area contributed by atoms with Crippen LogP contribution in [0.5, 0.6) is 5.75 Å². The molecule has 1 amide bonds. The minimum absolute atomic E-state index is 0.200. The van der Waals surface area contributed by atoms with Crippen molar-refractivity contribution in [2.45, 2.75) is 32.1 Å². The van der Waals surface area contributed by atoms with Crippen LogP contribution in [-0.2, 0) is 11.2 Å². The van der Waals surface area contributed by atoms with E-state index in [1.165, 1.54) is 6.42 Å². The molecule has 0 unspecified atom stereocenters. The average Bonchev–Trinajstić information content (AvgIpc) is 3.20. The summed E-state index contributed by atoms with van der Waals surface area (Å²) in [4.78, 5) is 18.8. The van der Waals surface area contributed by atoms with E-state index in [4.69, 9.17) is 9.15 Å². The number of hydrogen-bond acceptors (Lipinski definition) is 5. The minimum atomic E-state index is 0.200. The van der Waals surface area contributed by atoms with E-state index < -0.39 is 0 Å². The van der Waals surface area contributed by atoms with Crippen molar-refractivity contribution in [1.82, 2.24) is 15.2 Å². The molecule has 2 heterocycles. The number of aryl methyl sites for hydroxylation is 1. The second kappa shape index (κ2) is 9.55. The Kier molecular flexibility index (Phi) is 6.87. The molecule has 1 N–H and O–H groups in total. The van der Waals surface area contributed by atoms with Gasteiger partial charge in [-0.2, -0.15) is 0 Å². The lowest BCUT2D eigenvalue weighted by atomic mass is 9.93. The molecule has 1 saturated heterocycles. The lowest BCUT2D eigenvalue weighted by Gasteiger charge is -2.32. The number of aromatic nitrogens is 1. The first-order valence-corrected chi connectivity index (χ1v) is 9.71. The molecular formula is C21H29N3O3. The Morgan fingerprint density at radius 3 is 2.70 bits per heavy atom. The second-order valence-electron chi connectivity index (χ2n) is 7.06. The van der Waals surface area contributed by atoms with Crippen molar-refractivity contribution >= 4 is 5.91 Å². The van der Waals surface area contributed by atoms with Gasteiger partial charge in [-0.05, 0) is 63.0 Å². The Bertz CT molecular complexity index is 719. The molecule has 0 radical (unpaired) electrons. The van der Waals surface area contributed by atoms with Gasteiger partial charge in [-0.3, -0.25) is 4.79 Å². The maximum absolute atomic E-state index is 12.5. The number of nitrogens with one attached hydrogen (secondary N) is 1. The van der Waals surface area contributed by atoms with Gasteiger partial charge in [0, 0.05) is 31.5 Å². The van der Waals surface area contributed by atoms with Crippen molar-refractivity contribution in [2.24, 2.45) is 5.92 Å². The predicted molar refractivity (Wildman–Crippen MR) is 105 cm³/mol. The van der Waals surface area contributed by atoms with E-state index in [1.54, 1.807) is 13.3 Å². The van der Waals surface area contributed by atoms with E-state index in [0.717, 1.165) is 49.7 Å². The summed E-state index contributed by atoms with van der Waals surface area (Å²) in [5, 5.41) is 3.20. The van der Waals surface area contributed by atoms with Gasteiger partial charge in [0.1, 0.15) is 5.75 Å². The molecule has 1 aliphatic heterocycles. The number of likely N-dealkylation sites (tertiary alicyclic amines) is 1. The van der Waals surface area contributed by atoms with Gasteiger partial charge in [-0.1, -0.05) is 0 Å². The highest BCUT2D eigenvalue weighted by Gasteiger charge is 2.22. The molecule has 6 nitrogen and oxygen atoms in total. The largest absolute Gasteiger partial charge is 0.497 e. The monoisotopic (exact) mass is 371 g/mol. The Morgan fingerprint density at radius 2 is 2.04 bits per heavy atom. The van der Waals surface area contributed by atoms with E-state index >= 15 is 0 Å². The zero-order valence-corrected chi connectivity index (χ0v) is 16.2. The highest BCUT2D eigenvalue weighted by molar-refractivity contribution is 5.76. The third-order valence-electron chi connectivity index (χ3n) is 5.25. The van der Waals surface area contributed by atoms with Crippen LogP contribution in [0, 0.1) is 5.92 Å². The van der Waals surface area contributed by atoms with Gasteiger partial charge in [0.05, 0.1) is 13.3 Å². The van der Waals surface area contributed by atoms with Crippen molar-refractivity contribution in [2.75, 3.05) is 33.8 Å². The number of amides is 1. The van der Waals surface area contributed by atoms with E-state index in [9.17, 15) is 4.79 Å². The molecule has 0 saturated carbocycles. The van der Waals surface area contributed by atoms with Gasteiger partial charge in [0.2, 0.25) is 5.91 Å². The summed E-state index contributed by atoms with van der Waals surface area (Å²) >= 11 is 0. The highest BCUT2D eigenvalue weighted by Crippen LogP contribution is 2.24. The van der Waals surface area contributed by atoms with Crippen molar-refractivity contribution < 1.29 is 13.9 Å². The molecule has 27 heavy (non-hydrogen) atoms. The number of nitrogens with zero attached hydrogens (tertiary/aromatic N) is 2. The molecule has 1 aliphatic rings. The van der Waals surface area contributed by atoms with Crippen molar-refractivity contribution in [1.29, 1.82) is 0 Å². The lowest BCUT2D eigenvalue weighted by Crippen LogP contribution is -2.39. The van der Waals surface area contributed by atoms with Crippen LogP contribution in [0.15, 0.2) is 34.9 Å². The van der Waals surface area contributed by atoms with Gasteiger partial charge in [-0.15, -0.1) is 0 Å². The van der Waals surface area contributed by atoms with Gasteiger partial charge < -0.3 is 19.4 Å². The lowest BCUT2D eigenvalue weighted by molar-refractivity contribution is -0.132. The van der Waals surface area contributed by atoms with Crippen molar-refractivity contribution in [3.8, 4) is 17.1 Å². The highest BCUT2D eigenvalue weighted by atomic mass is 16.5. The number of carbonyl (C=O) groups excluding carboxylic acids is 1. The number of oxazole rings is 1. The first kappa shape index (κ1) is 19.4. The average molecular weight is 371 g/mol. The van der Waals surface area contributed by atoms with E-state index in [1.807, 2.05) is 36.2 Å². The van der Waals surface area contributed by atoms with Crippen LogP contribution < -0.4 is 10.1 Å². The van der Waals surface area contributed by atoms with Crippen LogP contribution in [0.1, 0.15) is 31.6 Å². The smallest absolute Gasteiger partial charge is 0.223 e. The molecular weight excluding hydrogens is 342 g/mol. The van der Waals surface area contributed by atoms with Crippen LogP contribution in [0.2, 0.25) is 0 Å². The number of hydrogen-bond donors (Lipinski definition) is 1. The zero-order chi connectivity index (χ0) is 19.1.